The first-order valence-electron chi connectivity index (χ1n) is 10.9. The molecule has 4 nitrogen and oxygen atoms in total. The van der Waals surface area contributed by atoms with Gasteiger partial charge in [0.25, 0.3) is 0 Å². The Hall–Kier alpha value is -0.650. The first-order valence-corrected chi connectivity index (χ1v) is 11.9. The topological polar surface area (TPSA) is 49.4 Å². The molecule has 0 aromatic carbocycles. The SMILES string of the molecule is C=CCSNCCCN(CCCCCCCC=O)CCCCCCCC=O. The molecule has 0 atom stereocenters. The second-order valence-corrected chi connectivity index (χ2v) is 8.05. The van der Waals surface area contributed by atoms with Crippen molar-refractivity contribution in [2.45, 2.75) is 83.5 Å². The van der Waals surface area contributed by atoms with E-state index < -0.39 is 0 Å². The van der Waals surface area contributed by atoms with Gasteiger partial charge in [0.05, 0.1) is 0 Å². The number of unbranched alkanes of at least 4 members (excludes halogenated alkanes) is 10. The molecule has 0 rings (SSSR count). The first kappa shape index (κ1) is 26.4. The third kappa shape index (κ3) is 21.5. The van der Waals surface area contributed by atoms with Crippen molar-refractivity contribution in [1.82, 2.24) is 9.62 Å². The summed E-state index contributed by atoms with van der Waals surface area (Å²) in [4.78, 5) is 23.3. The van der Waals surface area contributed by atoms with E-state index in [4.69, 9.17) is 0 Å². The summed E-state index contributed by atoms with van der Waals surface area (Å²) in [6, 6.07) is 0. The van der Waals surface area contributed by atoms with Crippen molar-refractivity contribution < 1.29 is 9.59 Å². The molecule has 0 aromatic heterocycles. The second-order valence-electron chi connectivity index (χ2n) is 7.14. The van der Waals surface area contributed by atoms with Crippen molar-refractivity contribution in [3.05, 3.63) is 12.7 Å². The van der Waals surface area contributed by atoms with Crippen LogP contribution in [0.1, 0.15) is 83.5 Å². The van der Waals surface area contributed by atoms with Gasteiger partial charge in [-0.05, 0) is 51.7 Å². The molecule has 0 fully saturated rings. The third-order valence-electron chi connectivity index (χ3n) is 4.65. The summed E-state index contributed by atoms with van der Waals surface area (Å²) in [5, 5.41) is 0. The summed E-state index contributed by atoms with van der Waals surface area (Å²) in [7, 11) is 0. The summed E-state index contributed by atoms with van der Waals surface area (Å²) in [5.74, 6) is 0.956. The first-order chi connectivity index (χ1) is 13.3. The highest BCUT2D eigenvalue weighted by atomic mass is 32.2. The van der Waals surface area contributed by atoms with E-state index >= 15 is 0 Å². The van der Waals surface area contributed by atoms with Crippen LogP contribution in [0.3, 0.4) is 0 Å². The minimum absolute atomic E-state index is 0.718. The fraction of sp³-hybridized carbons (Fsp3) is 0.818. The van der Waals surface area contributed by atoms with Gasteiger partial charge in [-0.1, -0.05) is 56.5 Å². The molecule has 0 aliphatic heterocycles. The minimum Gasteiger partial charge on any atom is -0.303 e. The Bertz CT molecular complexity index is 318. The van der Waals surface area contributed by atoms with Crippen LogP contribution in [0.5, 0.6) is 0 Å². The van der Waals surface area contributed by atoms with Gasteiger partial charge < -0.3 is 14.5 Å². The third-order valence-corrected chi connectivity index (χ3v) is 5.46. The van der Waals surface area contributed by atoms with Crippen molar-refractivity contribution >= 4 is 24.5 Å². The van der Waals surface area contributed by atoms with Gasteiger partial charge >= 0.3 is 0 Å². The van der Waals surface area contributed by atoms with E-state index in [1.165, 1.54) is 70.9 Å². The van der Waals surface area contributed by atoms with Gasteiger partial charge in [0.2, 0.25) is 0 Å². The highest BCUT2D eigenvalue weighted by Crippen LogP contribution is 2.09. The molecule has 0 spiro atoms. The lowest BCUT2D eigenvalue weighted by atomic mass is 10.1. The molecular weight excluding hydrogens is 356 g/mol. The van der Waals surface area contributed by atoms with Crippen molar-refractivity contribution in [1.29, 1.82) is 0 Å². The van der Waals surface area contributed by atoms with Crippen molar-refractivity contribution in [2.75, 3.05) is 31.9 Å². The Morgan fingerprint density at radius 1 is 0.704 bits per heavy atom. The van der Waals surface area contributed by atoms with Crippen molar-refractivity contribution in [3.63, 3.8) is 0 Å². The van der Waals surface area contributed by atoms with Gasteiger partial charge in [0, 0.05) is 25.1 Å². The Labute approximate surface area is 172 Å². The predicted octanol–water partition coefficient (Wildman–Crippen LogP) is 5.18. The fourth-order valence-corrected chi connectivity index (χ4v) is 3.61. The number of hydrogen-bond acceptors (Lipinski definition) is 5. The van der Waals surface area contributed by atoms with Crippen LogP contribution in [0.15, 0.2) is 12.7 Å². The molecule has 0 heterocycles. The van der Waals surface area contributed by atoms with E-state index in [0.717, 1.165) is 57.1 Å². The Morgan fingerprint density at radius 2 is 1.19 bits per heavy atom. The van der Waals surface area contributed by atoms with E-state index in [2.05, 4.69) is 16.2 Å². The molecule has 0 aliphatic rings. The average molecular weight is 399 g/mol. The lowest BCUT2D eigenvalue weighted by Crippen LogP contribution is -2.29. The van der Waals surface area contributed by atoms with Crippen molar-refractivity contribution in [2.24, 2.45) is 0 Å². The number of nitrogens with one attached hydrogen (secondary N) is 1. The molecule has 27 heavy (non-hydrogen) atoms. The van der Waals surface area contributed by atoms with Crippen LogP contribution in [0.4, 0.5) is 0 Å². The van der Waals surface area contributed by atoms with E-state index in [-0.39, 0.29) is 0 Å². The van der Waals surface area contributed by atoms with E-state index in [9.17, 15) is 9.59 Å². The molecule has 0 radical (unpaired) electrons. The molecule has 0 aliphatic carbocycles. The molecule has 0 saturated heterocycles. The number of nitrogens with zero attached hydrogens (tertiary/aromatic N) is 1. The second kappa shape index (κ2) is 23.4. The number of carbonyl (C=O) groups is 2. The van der Waals surface area contributed by atoms with Gasteiger partial charge in [-0.15, -0.1) is 6.58 Å². The van der Waals surface area contributed by atoms with Gasteiger partial charge in [0.1, 0.15) is 12.6 Å². The summed E-state index contributed by atoms with van der Waals surface area (Å²) < 4.78 is 3.40. The van der Waals surface area contributed by atoms with Gasteiger partial charge in [-0.3, -0.25) is 4.72 Å². The average Bonchev–Trinajstić information content (AvgIpc) is 2.68. The zero-order valence-corrected chi connectivity index (χ0v) is 18.2. The quantitative estimate of drug-likeness (QED) is 0.111. The highest BCUT2D eigenvalue weighted by molar-refractivity contribution is 7.97. The Balaban J connectivity index is 3.82. The molecule has 0 aromatic rings. The highest BCUT2D eigenvalue weighted by Gasteiger charge is 2.05. The molecule has 158 valence electrons. The van der Waals surface area contributed by atoms with Gasteiger partial charge in [-0.25, -0.2) is 0 Å². The number of aldehydes is 2. The molecule has 1 N–H and O–H groups in total. The summed E-state index contributed by atoms with van der Waals surface area (Å²) >= 11 is 1.73. The number of hydrogen-bond donors (Lipinski definition) is 1. The predicted molar refractivity (Wildman–Crippen MR) is 119 cm³/mol. The number of carbonyl (C=O) groups excluding carboxylic acids is 2. The number of rotatable bonds is 23. The molecular formula is C22H42N2O2S. The largest absolute Gasteiger partial charge is 0.303 e. The minimum atomic E-state index is 0.718. The Morgan fingerprint density at radius 3 is 1.70 bits per heavy atom. The van der Waals surface area contributed by atoms with E-state index in [1.54, 1.807) is 11.9 Å². The van der Waals surface area contributed by atoms with Gasteiger partial charge in [-0.2, -0.15) is 0 Å². The maximum Gasteiger partial charge on any atom is 0.119 e. The normalized spacial score (nSPS) is 11.0. The maximum atomic E-state index is 10.3. The monoisotopic (exact) mass is 398 g/mol. The van der Waals surface area contributed by atoms with Crippen LogP contribution in [0, 0.1) is 0 Å². The molecule has 5 heteroatoms. The maximum absolute atomic E-state index is 10.3. The molecule has 0 saturated carbocycles. The molecule has 0 amide bonds. The van der Waals surface area contributed by atoms with Crippen LogP contribution in [-0.4, -0.2) is 49.4 Å². The standard InChI is InChI=1S/C22H42N2O2S/c1-2-22-27-23-16-15-19-24(17-11-7-3-5-9-13-20-25)18-12-8-4-6-10-14-21-26/h2,20-21,23H,1,3-19,22H2. The van der Waals surface area contributed by atoms with Crippen LogP contribution in [0.2, 0.25) is 0 Å². The fourth-order valence-electron chi connectivity index (χ4n) is 3.09. The molecule has 0 unspecified atom stereocenters. The van der Waals surface area contributed by atoms with Crippen LogP contribution >= 0.6 is 11.9 Å². The van der Waals surface area contributed by atoms with E-state index in [0.29, 0.717) is 0 Å². The summed E-state index contributed by atoms with van der Waals surface area (Å²) in [5.41, 5.74) is 0. The zero-order chi connectivity index (χ0) is 19.8. The van der Waals surface area contributed by atoms with Crippen molar-refractivity contribution in [3.8, 4) is 0 Å². The summed E-state index contributed by atoms with van der Waals surface area (Å²) in [6.45, 7) is 8.33. The van der Waals surface area contributed by atoms with Crippen LogP contribution in [-0.2, 0) is 9.59 Å². The summed E-state index contributed by atoms with van der Waals surface area (Å²) in [6.07, 6.45) is 18.6. The lowest BCUT2D eigenvalue weighted by Gasteiger charge is -2.22. The van der Waals surface area contributed by atoms with Crippen LogP contribution < -0.4 is 4.72 Å². The van der Waals surface area contributed by atoms with Crippen LogP contribution in [0.25, 0.3) is 0 Å². The lowest BCUT2D eigenvalue weighted by molar-refractivity contribution is -0.108. The zero-order valence-electron chi connectivity index (χ0n) is 17.3. The van der Waals surface area contributed by atoms with Gasteiger partial charge in [0.15, 0.2) is 0 Å². The van der Waals surface area contributed by atoms with E-state index in [1.807, 2.05) is 6.08 Å². The molecule has 0 bridgehead atoms. The smallest absolute Gasteiger partial charge is 0.119 e. The Kier molecular flexibility index (Phi) is 22.8.